The predicted molar refractivity (Wildman–Crippen MR) is 75.6 cm³/mol. The molecule has 1 aromatic carbocycles. The van der Waals surface area contributed by atoms with Crippen molar-refractivity contribution in [3.05, 3.63) is 28.3 Å². The lowest BCUT2D eigenvalue weighted by atomic mass is 10.2. The molecule has 8 nitrogen and oxygen atoms in total. The van der Waals surface area contributed by atoms with Crippen LogP contribution in [0.3, 0.4) is 0 Å². The quantitative estimate of drug-likeness (QED) is 0.575. The predicted octanol–water partition coefficient (Wildman–Crippen LogP) is 0.364. The molecule has 0 aromatic heterocycles. The maximum absolute atomic E-state index is 10.8. The van der Waals surface area contributed by atoms with Gasteiger partial charge >= 0.3 is 0 Å². The number of nitro benzene ring substituents is 1. The summed E-state index contributed by atoms with van der Waals surface area (Å²) < 4.78 is 5.51. The summed E-state index contributed by atoms with van der Waals surface area (Å²) in [6.07, 6.45) is 0. The number of benzene rings is 1. The number of rotatable bonds is 6. The molecule has 0 fully saturated rings. The van der Waals surface area contributed by atoms with Gasteiger partial charge in [0.15, 0.2) is 0 Å². The summed E-state index contributed by atoms with van der Waals surface area (Å²) in [5, 5.41) is 12.6. The van der Waals surface area contributed by atoms with Crippen LogP contribution in [0.1, 0.15) is 0 Å². The Morgan fingerprint density at radius 3 is 2.85 bits per heavy atom. The van der Waals surface area contributed by atoms with E-state index in [-0.39, 0.29) is 5.69 Å². The molecule has 1 aromatic rings. The minimum Gasteiger partial charge on any atom is -0.489 e. The van der Waals surface area contributed by atoms with Crippen molar-refractivity contribution in [3.8, 4) is 5.75 Å². The number of fused-ring (bicyclic) bond motifs is 1. The number of non-ortho nitro benzene ring substituents is 1. The Labute approximate surface area is 117 Å². The molecule has 2 rings (SSSR count). The lowest BCUT2D eigenvalue weighted by Crippen LogP contribution is -2.49. The van der Waals surface area contributed by atoms with Gasteiger partial charge in [-0.3, -0.25) is 10.1 Å². The molecular formula is C12H19N5O3. The molecule has 2 N–H and O–H groups in total. The van der Waals surface area contributed by atoms with E-state index in [1.165, 1.54) is 12.1 Å². The molecule has 0 atom stereocenters. The van der Waals surface area contributed by atoms with Crippen molar-refractivity contribution in [3.63, 3.8) is 0 Å². The fourth-order valence-corrected chi connectivity index (χ4v) is 2.17. The van der Waals surface area contributed by atoms with Gasteiger partial charge in [0, 0.05) is 33.3 Å². The van der Waals surface area contributed by atoms with E-state index in [0.29, 0.717) is 12.4 Å². The summed E-state index contributed by atoms with van der Waals surface area (Å²) in [5.74, 6) is 0.575. The molecule has 0 unspecified atom stereocenters. The van der Waals surface area contributed by atoms with Crippen molar-refractivity contribution >= 4 is 11.4 Å². The zero-order chi connectivity index (χ0) is 14.5. The SMILES string of the molecule is CNN(CCN1CCOc2cc([N+](=O)[O-])ccc21)NC. The number of hydrogen-bond donors (Lipinski definition) is 2. The minimum absolute atomic E-state index is 0.0534. The second-order valence-electron chi connectivity index (χ2n) is 4.34. The van der Waals surface area contributed by atoms with Crippen LogP contribution < -0.4 is 20.5 Å². The summed E-state index contributed by atoms with van der Waals surface area (Å²) in [6.45, 7) is 2.86. The first-order valence-electron chi connectivity index (χ1n) is 6.44. The van der Waals surface area contributed by atoms with E-state index in [1.54, 1.807) is 6.07 Å². The van der Waals surface area contributed by atoms with Crippen LogP contribution in [0.2, 0.25) is 0 Å². The van der Waals surface area contributed by atoms with Crippen LogP contribution in [0.15, 0.2) is 18.2 Å². The number of nitro groups is 1. The number of ether oxygens (including phenoxy) is 1. The van der Waals surface area contributed by atoms with Gasteiger partial charge in [-0.15, -0.1) is 0 Å². The summed E-state index contributed by atoms with van der Waals surface area (Å²) in [5.41, 5.74) is 6.98. The van der Waals surface area contributed by atoms with Gasteiger partial charge in [-0.05, 0) is 6.07 Å². The molecule has 0 radical (unpaired) electrons. The fraction of sp³-hybridized carbons (Fsp3) is 0.500. The van der Waals surface area contributed by atoms with E-state index in [1.807, 2.05) is 19.2 Å². The minimum atomic E-state index is -0.410. The topological polar surface area (TPSA) is 82.9 Å². The Balaban J connectivity index is 2.10. The Morgan fingerprint density at radius 1 is 1.45 bits per heavy atom. The van der Waals surface area contributed by atoms with Crippen LogP contribution in [0.4, 0.5) is 11.4 Å². The Morgan fingerprint density at radius 2 is 2.20 bits per heavy atom. The molecule has 8 heteroatoms. The molecule has 110 valence electrons. The first-order chi connectivity index (χ1) is 9.65. The van der Waals surface area contributed by atoms with E-state index >= 15 is 0 Å². The first-order valence-corrected chi connectivity index (χ1v) is 6.44. The molecule has 1 aliphatic heterocycles. The van der Waals surface area contributed by atoms with Crippen molar-refractivity contribution in [1.29, 1.82) is 0 Å². The fourth-order valence-electron chi connectivity index (χ4n) is 2.17. The van der Waals surface area contributed by atoms with Gasteiger partial charge in [-0.2, -0.15) is 5.12 Å². The smallest absolute Gasteiger partial charge is 0.273 e. The zero-order valence-corrected chi connectivity index (χ0v) is 11.6. The molecule has 1 aliphatic rings. The van der Waals surface area contributed by atoms with E-state index < -0.39 is 4.92 Å². The molecule has 0 saturated carbocycles. The van der Waals surface area contributed by atoms with E-state index in [4.69, 9.17) is 4.74 Å². The average molecular weight is 281 g/mol. The molecule has 1 heterocycles. The second kappa shape index (κ2) is 6.51. The largest absolute Gasteiger partial charge is 0.489 e. The van der Waals surface area contributed by atoms with Gasteiger partial charge in [0.1, 0.15) is 12.4 Å². The third-order valence-corrected chi connectivity index (χ3v) is 3.25. The van der Waals surface area contributed by atoms with Crippen LogP contribution in [0.25, 0.3) is 0 Å². The van der Waals surface area contributed by atoms with Gasteiger partial charge in [-0.1, -0.05) is 0 Å². The monoisotopic (exact) mass is 281 g/mol. The Hall–Kier alpha value is -1.90. The third kappa shape index (κ3) is 3.16. The Bertz CT molecular complexity index is 478. The maximum Gasteiger partial charge on any atom is 0.273 e. The first kappa shape index (κ1) is 14.5. The van der Waals surface area contributed by atoms with Crippen molar-refractivity contribution in [2.45, 2.75) is 0 Å². The van der Waals surface area contributed by atoms with Crippen molar-refractivity contribution in [2.24, 2.45) is 0 Å². The highest BCUT2D eigenvalue weighted by molar-refractivity contribution is 5.63. The van der Waals surface area contributed by atoms with Crippen molar-refractivity contribution in [2.75, 3.05) is 45.2 Å². The summed E-state index contributed by atoms with van der Waals surface area (Å²) in [6, 6.07) is 4.74. The molecule has 0 saturated heterocycles. The normalized spacial score (nSPS) is 14.1. The van der Waals surface area contributed by atoms with Crippen molar-refractivity contribution < 1.29 is 9.66 Å². The molecule has 0 amide bonds. The van der Waals surface area contributed by atoms with Crippen LogP contribution in [-0.2, 0) is 0 Å². The van der Waals surface area contributed by atoms with Crippen LogP contribution in [0, 0.1) is 10.1 Å². The number of anilines is 1. The number of nitrogens with zero attached hydrogens (tertiary/aromatic N) is 3. The molecule has 0 spiro atoms. The lowest BCUT2D eigenvalue weighted by Gasteiger charge is -2.32. The van der Waals surface area contributed by atoms with E-state index in [0.717, 1.165) is 25.3 Å². The van der Waals surface area contributed by atoms with Crippen LogP contribution in [-0.4, -0.2) is 50.4 Å². The van der Waals surface area contributed by atoms with Gasteiger partial charge < -0.3 is 9.64 Å². The van der Waals surface area contributed by atoms with Gasteiger partial charge in [-0.25, -0.2) is 10.9 Å². The highest BCUT2D eigenvalue weighted by Gasteiger charge is 2.21. The lowest BCUT2D eigenvalue weighted by molar-refractivity contribution is -0.384. The van der Waals surface area contributed by atoms with E-state index in [2.05, 4.69) is 15.8 Å². The van der Waals surface area contributed by atoms with Gasteiger partial charge in [0.25, 0.3) is 5.69 Å². The third-order valence-electron chi connectivity index (χ3n) is 3.25. The number of hydrazine groups is 2. The van der Waals surface area contributed by atoms with Crippen molar-refractivity contribution in [1.82, 2.24) is 16.0 Å². The molecular weight excluding hydrogens is 262 g/mol. The summed E-state index contributed by atoms with van der Waals surface area (Å²) >= 11 is 0. The number of nitrogens with one attached hydrogen (secondary N) is 2. The highest BCUT2D eigenvalue weighted by Crippen LogP contribution is 2.34. The molecule has 0 aliphatic carbocycles. The zero-order valence-electron chi connectivity index (χ0n) is 11.6. The summed E-state index contributed by atoms with van der Waals surface area (Å²) in [4.78, 5) is 12.5. The molecule has 20 heavy (non-hydrogen) atoms. The summed E-state index contributed by atoms with van der Waals surface area (Å²) in [7, 11) is 3.68. The Kier molecular flexibility index (Phi) is 4.72. The standard InChI is InChI=1S/C12H19N5O3/c1-13-16(14-2)6-5-15-7-8-20-12-9-10(17(18)19)3-4-11(12)15/h3-4,9,13-14H,5-8H2,1-2H3. The highest BCUT2D eigenvalue weighted by atomic mass is 16.6. The van der Waals surface area contributed by atoms with Crippen LogP contribution in [0.5, 0.6) is 5.75 Å². The molecule has 0 bridgehead atoms. The van der Waals surface area contributed by atoms with Crippen LogP contribution >= 0.6 is 0 Å². The maximum atomic E-state index is 10.8. The average Bonchev–Trinajstić information content (AvgIpc) is 2.47. The van der Waals surface area contributed by atoms with E-state index in [9.17, 15) is 10.1 Å². The number of hydrogen-bond acceptors (Lipinski definition) is 7. The van der Waals surface area contributed by atoms with Gasteiger partial charge in [0.2, 0.25) is 0 Å². The van der Waals surface area contributed by atoms with Gasteiger partial charge in [0.05, 0.1) is 23.2 Å². The second-order valence-corrected chi connectivity index (χ2v) is 4.34.